The Morgan fingerprint density at radius 3 is 2.71 bits per heavy atom. The van der Waals surface area contributed by atoms with Crippen LogP contribution in [0.25, 0.3) is 0 Å². The van der Waals surface area contributed by atoms with Crippen molar-refractivity contribution in [3.63, 3.8) is 0 Å². The molecule has 3 N–H and O–H groups in total. The van der Waals surface area contributed by atoms with E-state index in [2.05, 4.69) is 4.99 Å². The van der Waals surface area contributed by atoms with E-state index < -0.39 is 0 Å². The summed E-state index contributed by atoms with van der Waals surface area (Å²) < 4.78 is 0. The molecular weight excluding hydrogens is 110 g/mol. The number of hydrogen-bond acceptors (Lipinski definition) is 2. The second-order valence-electron chi connectivity index (χ2n) is 0.801. The van der Waals surface area contributed by atoms with Crippen LogP contribution < -0.4 is 5.73 Å². The van der Waals surface area contributed by atoms with Crippen LogP contribution in [0, 0.1) is 5.41 Å². The first-order valence-corrected chi connectivity index (χ1v) is 2.90. The molecule has 0 amide bonds. The molecule has 7 heavy (non-hydrogen) atoms. The molecule has 0 radical (unpaired) electrons. The first-order valence-electron chi connectivity index (χ1n) is 1.67. The van der Waals surface area contributed by atoms with E-state index in [0.29, 0.717) is 5.17 Å². The summed E-state index contributed by atoms with van der Waals surface area (Å²) in [6, 6.07) is 0. The Labute approximate surface area is 46.5 Å². The molecule has 40 valence electrons. The maximum Gasteiger partial charge on any atom is 0.159 e. The predicted molar refractivity (Wildman–Crippen MR) is 33.9 cm³/mol. The van der Waals surface area contributed by atoms with E-state index in [0.717, 1.165) is 6.34 Å². The zero-order valence-corrected chi connectivity index (χ0v) is 4.83. The highest BCUT2D eigenvalue weighted by Crippen LogP contribution is 1.87. The van der Waals surface area contributed by atoms with E-state index in [1.807, 2.05) is 6.26 Å². The Kier molecular flexibility index (Phi) is 3.40. The molecule has 0 fully saturated rings. The summed E-state index contributed by atoms with van der Waals surface area (Å²) in [5.74, 6) is 0. The van der Waals surface area contributed by atoms with Gasteiger partial charge in [-0.1, -0.05) is 11.8 Å². The fourth-order valence-corrected chi connectivity index (χ4v) is 0.274. The van der Waals surface area contributed by atoms with E-state index in [1.165, 1.54) is 11.8 Å². The van der Waals surface area contributed by atoms with Gasteiger partial charge >= 0.3 is 0 Å². The van der Waals surface area contributed by atoms with Crippen molar-refractivity contribution in [3.05, 3.63) is 0 Å². The molecule has 0 saturated carbocycles. The van der Waals surface area contributed by atoms with E-state index in [9.17, 15) is 0 Å². The van der Waals surface area contributed by atoms with Crippen molar-refractivity contribution in [3.8, 4) is 0 Å². The van der Waals surface area contributed by atoms with Crippen LogP contribution in [-0.4, -0.2) is 17.8 Å². The SMILES string of the molecule is CS/C(N)=N/C=N. The minimum atomic E-state index is 0.426. The number of thioether (sulfide) groups is 1. The number of aliphatic imine (C=N–C) groups is 1. The van der Waals surface area contributed by atoms with Crippen molar-refractivity contribution in [1.29, 1.82) is 5.41 Å². The molecule has 0 saturated heterocycles. The van der Waals surface area contributed by atoms with Gasteiger partial charge in [-0.2, -0.15) is 0 Å². The monoisotopic (exact) mass is 117 g/mol. The molecule has 0 aliphatic rings. The van der Waals surface area contributed by atoms with Crippen LogP contribution in [0.2, 0.25) is 0 Å². The molecule has 4 heteroatoms. The molecule has 0 heterocycles. The van der Waals surface area contributed by atoms with Gasteiger partial charge in [-0.25, -0.2) is 4.99 Å². The largest absolute Gasteiger partial charge is 0.378 e. The van der Waals surface area contributed by atoms with Crippen LogP contribution >= 0.6 is 11.8 Å². The Balaban J connectivity index is 3.49. The lowest BCUT2D eigenvalue weighted by molar-refractivity contribution is 1.51. The molecule has 0 aliphatic carbocycles. The number of hydrogen-bond donors (Lipinski definition) is 2. The van der Waals surface area contributed by atoms with Gasteiger partial charge in [0.2, 0.25) is 0 Å². The Hall–Kier alpha value is -0.510. The average molecular weight is 117 g/mol. The summed E-state index contributed by atoms with van der Waals surface area (Å²) in [4.78, 5) is 3.44. The van der Waals surface area contributed by atoms with Gasteiger partial charge in [0.25, 0.3) is 0 Å². The normalized spacial score (nSPS) is 11.3. The molecule has 0 unspecified atom stereocenters. The van der Waals surface area contributed by atoms with Gasteiger partial charge in [0.1, 0.15) is 6.34 Å². The Bertz CT molecular complexity index is 88.2. The summed E-state index contributed by atoms with van der Waals surface area (Å²) in [7, 11) is 0. The fraction of sp³-hybridized carbons (Fsp3) is 0.333. The van der Waals surface area contributed by atoms with Crippen LogP contribution in [0.5, 0.6) is 0 Å². The highest BCUT2D eigenvalue weighted by molar-refractivity contribution is 8.13. The average Bonchev–Trinajstić information content (AvgIpc) is 1.68. The molecule has 0 bridgehead atoms. The zero-order chi connectivity index (χ0) is 5.70. The molecule has 0 aromatic carbocycles. The molecule has 0 aliphatic heterocycles. The first kappa shape index (κ1) is 6.49. The van der Waals surface area contributed by atoms with E-state index in [1.54, 1.807) is 0 Å². The van der Waals surface area contributed by atoms with Crippen LogP contribution in [0.1, 0.15) is 0 Å². The van der Waals surface area contributed by atoms with Crippen LogP contribution in [0.3, 0.4) is 0 Å². The predicted octanol–water partition coefficient (Wildman–Crippen LogP) is 0.271. The third-order valence-corrected chi connectivity index (χ3v) is 0.925. The van der Waals surface area contributed by atoms with E-state index >= 15 is 0 Å². The lowest BCUT2D eigenvalue weighted by Crippen LogP contribution is -2.04. The van der Waals surface area contributed by atoms with Crippen LogP contribution in [-0.2, 0) is 0 Å². The number of nitrogens with zero attached hydrogens (tertiary/aromatic N) is 1. The van der Waals surface area contributed by atoms with Gasteiger partial charge < -0.3 is 5.73 Å². The van der Waals surface area contributed by atoms with E-state index in [4.69, 9.17) is 11.1 Å². The van der Waals surface area contributed by atoms with Gasteiger partial charge in [-0.15, -0.1) is 0 Å². The summed E-state index contributed by atoms with van der Waals surface area (Å²) in [5.41, 5.74) is 5.15. The van der Waals surface area contributed by atoms with Crippen molar-refractivity contribution in [2.24, 2.45) is 10.7 Å². The molecule has 0 aromatic rings. The van der Waals surface area contributed by atoms with Gasteiger partial charge in [-0.3, -0.25) is 5.41 Å². The quantitative estimate of drug-likeness (QED) is 0.382. The van der Waals surface area contributed by atoms with Crippen LogP contribution in [0.15, 0.2) is 4.99 Å². The molecule has 0 rings (SSSR count). The second-order valence-corrected chi connectivity index (χ2v) is 1.63. The standard InChI is InChI=1S/C3H7N3S/c1-7-3(5)6-2-4/h2H,1H3,(H3,4,5,6). The first-order chi connectivity index (χ1) is 3.31. The van der Waals surface area contributed by atoms with Crippen molar-refractivity contribution in [2.45, 2.75) is 0 Å². The zero-order valence-electron chi connectivity index (χ0n) is 4.01. The topological polar surface area (TPSA) is 62.2 Å². The molecule has 0 atom stereocenters. The third kappa shape index (κ3) is 3.32. The highest BCUT2D eigenvalue weighted by Gasteiger charge is 1.78. The Morgan fingerprint density at radius 2 is 2.57 bits per heavy atom. The maximum atomic E-state index is 6.43. The van der Waals surface area contributed by atoms with Crippen molar-refractivity contribution in [1.82, 2.24) is 0 Å². The third-order valence-electron chi connectivity index (χ3n) is 0.401. The van der Waals surface area contributed by atoms with Crippen molar-refractivity contribution >= 4 is 23.3 Å². The summed E-state index contributed by atoms with van der Waals surface area (Å²) in [6.07, 6.45) is 2.73. The number of nitrogens with one attached hydrogen (secondary N) is 1. The summed E-state index contributed by atoms with van der Waals surface area (Å²) in [5, 5.41) is 6.86. The maximum absolute atomic E-state index is 6.43. The number of nitrogens with two attached hydrogens (primary N) is 1. The lowest BCUT2D eigenvalue weighted by atomic mass is 11.2. The molecule has 3 nitrogen and oxygen atoms in total. The van der Waals surface area contributed by atoms with Gasteiger partial charge in [0.15, 0.2) is 5.17 Å². The summed E-state index contributed by atoms with van der Waals surface area (Å²) >= 11 is 1.33. The summed E-state index contributed by atoms with van der Waals surface area (Å²) in [6.45, 7) is 0. The van der Waals surface area contributed by atoms with Gasteiger partial charge in [0.05, 0.1) is 0 Å². The van der Waals surface area contributed by atoms with E-state index in [-0.39, 0.29) is 0 Å². The van der Waals surface area contributed by atoms with Crippen LogP contribution in [0.4, 0.5) is 0 Å². The minimum absolute atomic E-state index is 0.426. The van der Waals surface area contributed by atoms with Gasteiger partial charge in [-0.05, 0) is 6.26 Å². The Morgan fingerprint density at radius 1 is 2.00 bits per heavy atom. The lowest BCUT2D eigenvalue weighted by Gasteiger charge is -1.84. The molecular formula is C3H7N3S. The molecule has 0 aromatic heterocycles. The second kappa shape index (κ2) is 3.67. The number of amidine groups is 1. The van der Waals surface area contributed by atoms with Gasteiger partial charge in [0, 0.05) is 0 Å². The fourth-order valence-electron chi connectivity index (χ4n) is 0.116. The number of rotatable bonds is 1. The minimum Gasteiger partial charge on any atom is -0.378 e. The van der Waals surface area contributed by atoms with Crippen molar-refractivity contribution < 1.29 is 0 Å². The smallest absolute Gasteiger partial charge is 0.159 e. The highest BCUT2D eigenvalue weighted by atomic mass is 32.2. The van der Waals surface area contributed by atoms with Crippen molar-refractivity contribution in [2.75, 3.05) is 6.26 Å². The molecule has 0 spiro atoms.